The normalized spacial score (nSPS) is 21.0. The van der Waals surface area contributed by atoms with Crippen LogP contribution in [0.25, 0.3) is 43.3 Å². The summed E-state index contributed by atoms with van der Waals surface area (Å²) in [6.45, 7) is 9.51. The number of anilines is 3. The van der Waals surface area contributed by atoms with Crippen LogP contribution in [0.3, 0.4) is 0 Å². The molecule has 0 bridgehead atoms. The number of rotatable bonds is 6. The minimum absolute atomic E-state index is 0.0258. The van der Waals surface area contributed by atoms with Gasteiger partial charge in [-0.3, -0.25) is 38.7 Å². The van der Waals surface area contributed by atoms with Crippen LogP contribution in [0.4, 0.5) is 17.1 Å². The molecule has 4 aliphatic heterocycles. The first kappa shape index (κ1) is 36.5. The summed E-state index contributed by atoms with van der Waals surface area (Å²) < 4.78 is 4.22. The van der Waals surface area contributed by atoms with Gasteiger partial charge in [0.2, 0.25) is 11.8 Å². The van der Waals surface area contributed by atoms with Crippen LogP contribution in [-0.2, 0) is 16.6 Å². The van der Waals surface area contributed by atoms with Gasteiger partial charge in [-0.15, -0.1) is 11.3 Å². The fourth-order valence-corrected chi connectivity index (χ4v) is 10.4. The molecule has 4 aliphatic rings. The monoisotopic (exact) mass is 798 g/mol. The van der Waals surface area contributed by atoms with Crippen molar-refractivity contribution in [3.8, 4) is 11.3 Å². The number of aromatic nitrogens is 4. The second-order valence-corrected chi connectivity index (χ2v) is 17.3. The molecule has 2 atom stereocenters. The van der Waals surface area contributed by atoms with Crippen molar-refractivity contribution in [1.82, 2.24) is 34.6 Å². The standard InChI is InChI=1S/C43H46N10O4S/c1-25-21-45-39-38-30-4-5-31(47-32(30)6-9-36(38)58-40(39)42(56)46-25)27-19-29(23-44-22-27)51-13-11-26(12-14-51)24-50-15-17-52(18-16-50)28-3-7-33-35(20-28)49(2)43(57)53(33)34-8-10-37(54)48-41(34)55/h3-7,9,19-20,22-23,25-26,34,45H,8,10-18,21,24H2,1-2H3,(H,46,56)(H,48,54,55)/t25-,34?/m1/s1. The average molecular weight is 799 g/mol. The minimum atomic E-state index is -0.685. The van der Waals surface area contributed by atoms with E-state index in [4.69, 9.17) is 4.98 Å². The summed E-state index contributed by atoms with van der Waals surface area (Å²) >= 11 is 1.52. The van der Waals surface area contributed by atoms with Gasteiger partial charge in [-0.25, -0.2) is 9.78 Å². The Hall–Kier alpha value is -5.80. The Morgan fingerprint density at radius 1 is 0.845 bits per heavy atom. The number of thiophene rings is 1. The molecule has 10 rings (SSSR count). The Balaban J connectivity index is 0.763. The number of amides is 3. The molecule has 4 aromatic heterocycles. The van der Waals surface area contributed by atoms with Crippen molar-refractivity contribution in [2.24, 2.45) is 13.0 Å². The number of piperazine rings is 1. The van der Waals surface area contributed by atoms with Gasteiger partial charge in [0, 0.05) is 105 Å². The number of hydrogen-bond donors (Lipinski definition) is 3. The number of carbonyl (C=O) groups is 3. The van der Waals surface area contributed by atoms with Crippen molar-refractivity contribution in [1.29, 1.82) is 0 Å². The zero-order valence-corrected chi connectivity index (χ0v) is 33.5. The quantitative estimate of drug-likeness (QED) is 0.202. The summed E-state index contributed by atoms with van der Waals surface area (Å²) in [6, 6.07) is 15.9. The number of carbonyl (C=O) groups excluding carboxylic acids is 3. The van der Waals surface area contributed by atoms with Crippen molar-refractivity contribution in [2.75, 3.05) is 67.5 Å². The molecule has 3 fully saturated rings. The molecule has 0 aliphatic carbocycles. The maximum atomic E-state index is 13.3. The fourth-order valence-electron chi connectivity index (χ4n) is 9.33. The van der Waals surface area contributed by atoms with E-state index in [1.807, 2.05) is 31.5 Å². The molecule has 0 radical (unpaired) electrons. The molecular formula is C43H46N10O4S. The van der Waals surface area contributed by atoms with Crippen molar-refractivity contribution in [2.45, 2.75) is 44.7 Å². The third kappa shape index (κ3) is 6.46. The third-order valence-electron chi connectivity index (χ3n) is 12.5. The number of nitrogens with one attached hydrogen (secondary N) is 3. The summed E-state index contributed by atoms with van der Waals surface area (Å²) in [4.78, 5) is 68.3. The first-order chi connectivity index (χ1) is 28.2. The second-order valence-electron chi connectivity index (χ2n) is 16.3. The number of imidazole rings is 1. The van der Waals surface area contributed by atoms with Crippen LogP contribution in [0.15, 0.2) is 65.7 Å². The largest absolute Gasteiger partial charge is 0.381 e. The Kier molecular flexibility index (Phi) is 9.16. The van der Waals surface area contributed by atoms with E-state index < -0.39 is 11.9 Å². The Morgan fingerprint density at radius 2 is 1.66 bits per heavy atom. The molecule has 8 heterocycles. The number of piperidine rings is 2. The van der Waals surface area contributed by atoms with Gasteiger partial charge < -0.3 is 20.4 Å². The van der Waals surface area contributed by atoms with E-state index in [-0.39, 0.29) is 30.0 Å². The molecule has 3 N–H and O–H groups in total. The highest BCUT2D eigenvalue weighted by Crippen LogP contribution is 2.41. The van der Waals surface area contributed by atoms with Gasteiger partial charge in [0.15, 0.2) is 0 Å². The number of aryl methyl sites for hydroxylation is 1. The maximum Gasteiger partial charge on any atom is 0.329 e. The predicted octanol–water partition coefficient (Wildman–Crippen LogP) is 4.73. The molecular weight excluding hydrogens is 753 g/mol. The molecule has 6 aromatic rings. The summed E-state index contributed by atoms with van der Waals surface area (Å²) in [7, 11) is 1.74. The number of benzene rings is 2. The van der Waals surface area contributed by atoms with E-state index in [1.165, 1.54) is 15.9 Å². The predicted molar refractivity (Wildman–Crippen MR) is 228 cm³/mol. The number of fused-ring (bicyclic) bond motifs is 6. The minimum Gasteiger partial charge on any atom is -0.381 e. The lowest BCUT2D eigenvalue weighted by Crippen LogP contribution is -2.49. The molecule has 14 nitrogen and oxygen atoms in total. The molecule has 15 heteroatoms. The highest BCUT2D eigenvalue weighted by atomic mass is 32.1. The van der Waals surface area contributed by atoms with Gasteiger partial charge in [-0.1, -0.05) is 0 Å². The van der Waals surface area contributed by atoms with Gasteiger partial charge in [0.05, 0.1) is 39.8 Å². The Morgan fingerprint density at radius 3 is 2.47 bits per heavy atom. The highest BCUT2D eigenvalue weighted by molar-refractivity contribution is 7.21. The first-order valence-corrected chi connectivity index (χ1v) is 21.1. The van der Waals surface area contributed by atoms with Crippen LogP contribution in [-0.4, -0.2) is 100 Å². The lowest BCUT2D eigenvalue weighted by Gasteiger charge is -2.40. The molecule has 0 saturated carbocycles. The van der Waals surface area contributed by atoms with Gasteiger partial charge in [0.1, 0.15) is 10.9 Å². The smallest absolute Gasteiger partial charge is 0.329 e. The van der Waals surface area contributed by atoms with Gasteiger partial charge in [-0.05, 0) is 80.6 Å². The molecule has 1 unspecified atom stereocenters. The highest BCUT2D eigenvalue weighted by Gasteiger charge is 2.32. The van der Waals surface area contributed by atoms with E-state index >= 15 is 0 Å². The van der Waals surface area contributed by atoms with Crippen LogP contribution in [0, 0.1) is 5.92 Å². The average Bonchev–Trinajstić information content (AvgIpc) is 3.69. The van der Waals surface area contributed by atoms with E-state index in [1.54, 1.807) is 11.6 Å². The number of pyridine rings is 2. The number of nitrogens with zero attached hydrogens (tertiary/aromatic N) is 7. The van der Waals surface area contributed by atoms with E-state index in [9.17, 15) is 19.2 Å². The molecule has 3 saturated heterocycles. The van der Waals surface area contributed by atoms with Gasteiger partial charge >= 0.3 is 5.69 Å². The zero-order chi connectivity index (χ0) is 39.7. The molecule has 58 heavy (non-hydrogen) atoms. The maximum absolute atomic E-state index is 13.3. The van der Waals surface area contributed by atoms with Crippen molar-refractivity contribution >= 4 is 78.1 Å². The lowest BCUT2D eigenvalue weighted by atomic mass is 9.95. The molecule has 0 spiro atoms. The van der Waals surface area contributed by atoms with Crippen molar-refractivity contribution < 1.29 is 14.4 Å². The van der Waals surface area contributed by atoms with E-state index in [2.05, 4.69) is 72.0 Å². The molecule has 2 aromatic carbocycles. The van der Waals surface area contributed by atoms with E-state index in [0.717, 1.165) is 118 Å². The third-order valence-corrected chi connectivity index (χ3v) is 13.7. The van der Waals surface area contributed by atoms with Crippen molar-refractivity contribution in [3.05, 3.63) is 76.3 Å². The van der Waals surface area contributed by atoms with Crippen LogP contribution in [0.5, 0.6) is 0 Å². The topological polar surface area (TPSA) is 150 Å². The second kappa shape index (κ2) is 14.5. The fraction of sp³-hybridized carbons (Fsp3) is 0.395. The van der Waals surface area contributed by atoms with Crippen molar-refractivity contribution in [3.63, 3.8) is 0 Å². The molecule has 3 amide bonds. The van der Waals surface area contributed by atoms with Gasteiger partial charge in [-0.2, -0.15) is 0 Å². The molecule has 298 valence electrons. The van der Waals surface area contributed by atoms with Crippen LogP contribution < -0.4 is 31.4 Å². The number of hydrogen-bond acceptors (Lipinski definition) is 11. The number of imide groups is 1. The Bertz CT molecular complexity index is 2690. The summed E-state index contributed by atoms with van der Waals surface area (Å²) in [5, 5.41) is 11.1. The summed E-state index contributed by atoms with van der Waals surface area (Å²) in [6.07, 6.45) is 6.65. The van der Waals surface area contributed by atoms with Gasteiger partial charge in [0.25, 0.3) is 5.91 Å². The zero-order valence-electron chi connectivity index (χ0n) is 32.7. The summed E-state index contributed by atoms with van der Waals surface area (Å²) in [5.74, 6) is -0.105. The van der Waals surface area contributed by atoms with Crippen LogP contribution in [0.1, 0.15) is 48.3 Å². The van der Waals surface area contributed by atoms with Crippen LogP contribution >= 0.6 is 11.3 Å². The SMILES string of the molecule is C[C@@H]1CNc2c(sc3ccc4nc(-c5cncc(N6CCC(CN7CCN(c8ccc9c(c8)n(C)c(=O)n9C8CCC(=O)NC8=O)CC7)CC6)c5)ccc4c23)C(=O)N1. The lowest BCUT2D eigenvalue weighted by molar-refractivity contribution is -0.135. The summed E-state index contributed by atoms with van der Waals surface area (Å²) in [5.41, 5.74) is 7.11. The first-order valence-electron chi connectivity index (χ1n) is 20.3. The Labute approximate surface area is 338 Å². The van der Waals surface area contributed by atoms with E-state index in [0.29, 0.717) is 24.4 Å². The van der Waals surface area contributed by atoms with Crippen LogP contribution in [0.2, 0.25) is 0 Å².